The van der Waals surface area contributed by atoms with Crippen molar-refractivity contribution in [3.05, 3.63) is 40.3 Å². The van der Waals surface area contributed by atoms with Gasteiger partial charge in [-0.05, 0) is 31.9 Å². The smallest absolute Gasteiger partial charge is 0.356 e. The zero-order chi connectivity index (χ0) is 19.8. The molecule has 1 aliphatic rings. The first-order valence-electron chi connectivity index (χ1n) is 8.45. The number of alkyl halides is 3. The fraction of sp³-hybridized carbons (Fsp3) is 0.471. The van der Waals surface area contributed by atoms with Crippen LogP contribution in [-0.2, 0) is 13.2 Å². The molecule has 0 aliphatic carbocycles. The van der Waals surface area contributed by atoms with E-state index in [1.54, 1.807) is 14.0 Å². The molecule has 0 bridgehead atoms. The molecule has 0 aromatic carbocycles. The van der Waals surface area contributed by atoms with Gasteiger partial charge in [-0.15, -0.1) is 0 Å². The molecule has 1 saturated heterocycles. The third kappa shape index (κ3) is 4.18. The van der Waals surface area contributed by atoms with Crippen LogP contribution in [0.4, 0.5) is 19.0 Å². The first kappa shape index (κ1) is 19.5. The van der Waals surface area contributed by atoms with Crippen LogP contribution in [0.25, 0.3) is 0 Å². The van der Waals surface area contributed by atoms with Crippen molar-refractivity contribution in [1.82, 2.24) is 20.1 Å². The number of halogens is 4. The number of hydrogen-bond acceptors (Lipinski definition) is 4. The summed E-state index contributed by atoms with van der Waals surface area (Å²) >= 11 is 6.12. The maximum absolute atomic E-state index is 12.6. The normalized spacial score (nSPS) is 15.9. The van der Waals surface area contributed by atoms with Crippen molar-refractivity contribution in [1.29, 1.82) is 0 Å². The Hall–Kier alpha value is -2.29. The van der Waals surface area contributed by atoms with Gasteiger partial charge in [-0.25, -0.2) is 4.98 Å². The van der Waals surface area contributed by atoms with Gasteiger partial charge in [0, 0.05) is 32.4 Å². The van der Waals surface area contributed by atoms with Crippen molar-refractivity contribution in [2.75, 3.05) is 18.0 Å². The standard InChI is InChI=1S/C17H19ClF3N5O/c1-10-14(15(18)25(2)24-10)16(27)23-12-5-7-26(8-6-12)13-4-3-11(9-22-13)17(19,20)21/h3-4,9,12H,5-8H2,1-2H3,(H,23,27). The van der Waals surface area contributed by atoms with Crippen LogP contribution in [-0.4, -0.2) is 39.8 Å². The number of pyridine rings is 1. The van der Waals surface area contributed by atoms with Gasteiger partial charge in [-0.2, -0.15) is 18.3 Å². The van der Waals surface area contributed by atoms with Crippen LogP contribution in [0.1, 0.15) is 34.5 Å². The highest BCUT2D eigenvalue weighted by molar-refractivity contribution is 6.33. The van der Waals surface area contributed by atoms with E-state index in [-0.39, 0.29) is 17.1 Å². The summed E-state index contributed by atoms with van der Waals surface area (Å²) in [6.45, 7) is 2.89. The van der Waals surface area contributed by atoms with E-state index in [0.29, 0.717) is 43.0 Å². The number of carbonyl (C=O) groups excluding carboxylic acids is 1. The Morgan fingerprint density at radius 3 is 2.44 bits per heavy atom. The van der Waals surface area contributed by atoms with Gasteiger partial charge in [0.25, 0.3) is 5.91 Å². The monoisotopic (exact) mass is 401 g/mol. The van der Waals surface area contributed by atoms with Crippen molar-refractivity contribution >= 4 is 23.3 Å². The zero-order valence-electron chi connectivity index (χ0n) is 14.8. The number of aryl methyl sites for hydroxylation is 2. The fourth-order valence-electron chi connectivity index (χ4n) is 3.14. The molecule has 0 saturated carbocycles. The van der Waals surface area contributed by atoms with Crippen LogP contribution >= 0.6 is 11.6 Å². The van der Waals surface area contributed by atoms with Crippen LogP contribution in [0.3, 0.4) is 0 Å². The van der Waals surface area contributed by atoms with Gasteiger partial charge in [0.15, 0.2) is 0 Å². The van der Waals surface area contributed by atoms with Gasteiger partial charge in [0.05, 0.1) is 16.8 Å². The lowest BCUT2D eigenvalue weighted by molar-refractivity contribution is -0.137. The van der Waals surface area contributed by atoms with Crippen LogP contribution in [0, 0.1) is 6.92 Å². The molecule has 0 spiro atoms. The Bertz CT molecular complexity index is 826. The number of nitrogens with one attached hydrogen (secondary N) is 1. The molecule has 6 nitrogen and oxygen atoms in total. The zero-order valence-corrected chi connectivity index (χ0v) is 15.6. The van der Waals surface area contributed by atoms with Gasteiger partial charge >= 0.3 is 6.18 Å². The van der Waals surface area contributed by atoms with Crippen molar-refractivity contribution in [3.63, 3.8) is 0 Å². The van der Waals surface area contributed by atoms with Crippen molar-refractivity contribution in [2.45, 2.75) is 32.0 Å². The lowest BCUT2D eigenvalue weighted by atomic mass is 10.0. The first-order valence-corrected chi connectivity index (χ1v) is 8.82. The van der Waals surface area contributed by atoms with Gasteiger partial charge in [-0.1, -0.05) is 11.6 Å². The summed E-state index contributed by atoms with van der Waals surface area (Å²) in [4.78, 5) is 18.3. The van der Waals surface area contributed by atoms with Gasteiger partial charge < -0.3 is 10.2 Å². The van der Waals surface area contributed by atoms with Crippen LogP contribution in [0.15, 0.2) is 18.3 Å². The number of hydrogen-bond donors (Lipinski definition) is 1. The summed E-state index contributed by atoms with van der Waals surface area (Å²) in [5.74, 6) is 0.232. The second kappa shape index (κ2) is 7.38. The molecule has 0 atom stereocenters. The van der Waals surface area contributed by atoms with E-state index in [0.717, 1.165) is 12.3 Å². The van der Waals surface area contributed by atoms with E-state index in [1.165, 1.54) is 10.7 Å². The lowest BCUT2D eigenvalue weighted by Crippen LogP contribution is -2.45. The number of rotatable bonds is 3. The molecule has 27 heavy (non-hydrogen) atoms. The summed E-state index contributed by atoms with van der Waals surface area (Å²) in [7, 11) is 1.67. The molecular weight excluding hydrogens is 383 g/mol. The highest BCUT2D eigenvalue weighted by atomic mass is 35.5. The van der Waals surface area contributed by atoms with Crippen LogP contribution in [0.2, 0.25) is 5.15 Å². The third-order valence-electron chi connectivity index (χ3n) is 4.61. The molecule has 3 heterocycles. The molecule has 3 rings (SSSR count). The molecule has 1 N–H and O–H groups in total. The maximum atomic E-state index is 12.6. The molecule has 1 amide bonds. The Kier molecular flexibility index (Phi) is 5.32. The minimum absolute atomic E-state index is 0.0427. The fourth-order valence-corrected chi connectivity index (χ4v) is 3.40. The highest BCUT2D eigenvalue weighted by Crippen LogP contribution is 2.30. The van der Waals surface area contributed by atoms with E-state index in [1.807, 2.05) is 4.90 Å². The summed E-state index contributed by atoms with van der Waals surface area (Å²) in [5, 5.41) is 7.38. The van der Waals surface area contributed by atoms with E-state index >= 15 is 0 Å². The summed E-state index contributed by atoms with van der Waals surface area (Å²) in [6.07, 6.45) is -2.23. The number of aromatic nitrogens is 3. The van der Waals surface area contributed by atoms with Crippen molar-refractivity contribution < 1.29 is 18.0 Å². The minimum atomic E-state index is -4.39. The largest absolute Gasteiger partial charge is 0.417 e. The molecule has 1 fully saturated rings. The Morgan fingerprint density at radius 1 is 1.30 bits per heavy atom. The van der Waals surface area contributed by atoms with E-state index in [2.05, 4.69) is 15.4 Å². The van der Waals surface area contributed by atoms with Crippen LogP contribution < -0.4 is 10.2 Å². The average Bonchev–Trinajstić information content (AvgIpc) is 2.87. The molecule has 0 radical (unpaired) electrons. The maximum Gasteiger partial charge on any atom is 0.417 e. The minimum Gasteiger partial charge on any atom is -0.356 e. The van der Waals surface area contributed by atoms with E-state index in [4.69, 9.17) is 11.6 Å². The predicted octanol–water partition coefficient (Wildman–Crippen LogP) is 3.19. The van der Waals surface area contributed by atoms with Gasteiger partial charge in [0.2, 0.25) is 0 Å². The number of amides is 1. The molecule has 146 valence electrons. The summed E-state index contributed by atoms with van der Waals surface area (Å²) < 4.78 is 39.3. The topological polar surface area (TPSA) is 63.1 Å². The Balaban J connectivity index is 1.58. The van der Waals surface area contributed by atoms with Crippen molar-refractivity contribution in [3.8, 4) is 0 Å². The van der Waals surface area contributed by atoms with E-state index in [9.17, 15) is 18.0 Å². The number of nitrogens with zero attached hydrogens (tertiary/aromatic N) is 4. The molecule has 2 aromatic heterocycles. The molecule has 2 aromatic rings. The molecule has 1 aliphatic heterocycles. The molecular formula is C17H19ClF3N5O. The Labute approximate surface area is 159 Å². The molecule has 0 unspecified atom stereocenters. The number of piperidine rings is 1. The predicted molar refractivity (Wildman–Crippen MR) is 94.9 cm³/mol. The highest BCUT2D eigenvalue weighted by Gasteiger charge is 2.31. The third-order valence-corrected chi connectivity index (χ3v) is 5.04. The lowest BCUT2D eigenvalue weighted by Gasteiger charge is -2.33. The first-order chi connectivity index (χ1) is 12.7. The Morgan fingerprint density at radius 2 is 1.96 bits per heavy atom. The quantitative estimate of drug-likeness (QED) is 0.858. The average molecular weight is 402 g/mol. The van der Waals surface area contributed by atoms with Gasteiger partial charge in [0.1, 0.15) is 11.0 Å². The molecule has 10 heteroatoms. The SMILES string of the molecule is Cc1nn(C)c(Cl)c1C(=O)NC1CCN(c2ccc(C(F)(F)F)cn2)CC1. The van der Waals surface area contributed by atoms with Crippen LogP contribution in [0.5, 0.6) is 0 Å². The van der Waals surface area contributed by atoms with Gasteiger partial charge in [-0.3, -0.25) is 9.48 Å². The second-order valence-electron chi connectivity index (χ2n) is 6.51. The van der Waals surface area contributed by atoms with Crippen molar-refractivity contribution in [2.24, 2.45) is 7.05 Å². The van der Waals surface area contributed by atoms with E-state index < -0.39 is 11.7 Å². The summed E-state index contributed by atoms with van der Waals surface area (Å²) in [6, 6.07) is 2.36. The number of anilines is 1. The summed E-state index contributed by atoms with van der Waals surface area (Å²) in [5.41, 5.74) is 0.162. The second-order valence-corrected chi connectivity index (χ2v) is 6.87. The number of carbonyl (C=O) groups is 1.